The zero-order chi connectivity index (χ0) is 17.0. The van der Waals surface area contributed by atoms with E-state index >= 15 is 0 Å². The number of hydrogen-bond donors (Lipinski definition) is 2. The number of nitro benzene ring substituents is 1. The summed E-state index contributed by atoms with van der Waals surface area (Å²) in [4.78, 5) is 24.4. The standard InChI is InChI=1S/C14H10FN3O5/c1-2-9-11(5-6-16-13(9)17-14(19)20)23-12-4-3-8(18(21)22)7-10(12)15/h2-7H,1H2,(H,16,17)(H,19,20). The largest absolute Gasteiger partial charge is 0.465 e. The minimum absolute atomic E-state index is 0.0349. The minimum atomic E-state index is -1.33. The van der Waals surface area contributed by atoms with E-state index in [0.29, 0.717) is 0 Å². The van der Waals surface area contributed by atoms with E-state index in [1.165, 1.54) is 18.3 Å². The molecule has 0 unspecified atom stereocenters. The van der Waals surface area contributed by atoms with Crippen LogP contribution in [0.2, 0.25) is 0 Å². The third-order valence-corrected chi connectivity index (χ3v) is 2.73. The highest BCUT2D eigenvalue weighted by atomic mass is 19.1. The first kappa shape index (κ1) is 15.9. The number of pyridine rings is 1. The summed E-state index contributed by atoms with van der Waals surface area (Å²) in [6.07, 6.45) is 1.22. The van der Waals surface area contributed by atoms with Crippen molar-refractivity contribution >= 4 is 23.7 Å². The van der Waals surface area contributed by atoms with Crippen LogP contribution in [0, 0.1) is 15.9 Å². The lowest BCUT2D eigenvalue weighted by molar-refractivity contribution is -0.385. The fourth-order valence-electron chi connectivity index (χ4n) is 1.75. The second-order valence-electron chi connectivity index (χ2n) is 4.18. The van der Waals surface area contributed by atoms with E-state index in [1.54, 1.807) is 0 Å². The molecule has 2 rings (SSSR count). The number of aromatic nitrogens is 1. The van der Waals surface area contributed by atoms with E-state index in [0.717, 1.165) is 18.2 Å². The molecule has 118 valence electrons. The van der Waals surface area contributed by atoms with Crippen molar-refractivity contribution in [2.45, 2.75) is 0 Å². The number of benzene rings is 1. The first-order valence-electron chi connectivity index (χ1n) is 6.15. The maximum atomic E-state index is 13.9. The molecule has 1 heterocycles. The molecule has 0 aliphatic rings. The third kappa shape index (κ3) is 3.59. The Hall–Kier alpha value is -3.49. The van der Waals surface area contributed by atoms with Crippen LogP contribution in [0.5, 0.6) is 11.5 Å². The van der Waals surface area contributed by atoms with E-state index in [1.807, 2.05) is 0 Å². The van der Waals surface area contributed by atoms with E-state index in [2.05, 4.69) is 16.9 Å². The molecular weight excluding hydrogens is 309 g/mol. The summed E-state index contributed by atoms with van der Waals surface area (Å²) in [5.41, 5.74) is -0.214. The molecule has 1 aromatic heterocycles. The Morgan fingerprint density at radius 1 is 1.43 bits per heavy atom. The van der Waals surface area contributed by atoms with Crippen molar-refractivity contribution < 1.29 is 24.0 Å². The number of rotatable bonds is 5. The first-order valence-corrected chi connectivity index (χ1v) is 6.15. The van der Waals surface area contributed by atoms with Gasteiger partial charge in [0, 0.05) is 12.3 Å². The van der Waals surface area contributed by atoms with Gasteiger partial charge in [0.2, 0.25) is 0 Å². The van der Waals surface area contributed by atoms with Crippen molar-refractivity contribution in [3.8, 4) is 11.5 Å². The molecule has 1 amide bonds. The lowest BCUT2D eigenvalue weighted by atomic mass is 10.2. The summed E-state index contributed by atoms with van der Waals surface area (Å²) in [6, 6.07) is 4.29. The molecule has 2 N–H and O–H groups in total. The monoisotopic (exact) mass is 319 g/mol. The molecule has 9 heteroatoms. The van der Waals surface area contributed by atoms with Crippen molar-refractivity contribution in [3.63, 3.8) is 0 Å². The number of nitrogens with zero attached hydrogens (tertiary/aromatic N) is 2. The summed E-state index contributed by atoms with van der Waals surface area (Å²) in [7, 11) is 0. The van der Waals surface area contributed by atoms with Gasteiger partial charge in [-0.3, -0.25) is 15.4 Å². The Balaban J connectivity index is 2.38. The number of nitrogens with one attached hydrogen (secondary N) is 1. The Kier molecular flexibility index (Phi) is 4.50. The van der Waals surface area contributed by atoms with Gasteiger partial charge in [0.25, 0.3) is 5.69 Å². The summed E-state index contributed by atoms with van der Waals surface area (Å²) in [6.45, 7) is 3.52. The quantitative estimate of drug-likeness (QED) is 0.642. The number of ether oxygens (including phenoxy) is 1. The summed E-state index contributed by atoms with van der Waals surface area (Å²) < 4.78 is 19.2. The van der Waals surface area contributed by atoms with Crippen molar-refractivity contribution in [1.82, 2.24) is 4.98 Å². The molecule has 0 spiro atoms. The van der Waals surface area contributed by atoms with Gasteiger partial charge in [-0.15, -0.1) is 0 Å². The van der Waals surface area contributed by atoms with Crippen LogP contribution in [0.15, 0.2) is 37.0 Å². The van der Waals surface area contributed by atoms with Crippen LogP contribution in [0.25, 0.3) is 6.08 Å². The van der Waals surface area contributed by atoms with Crippen molar-refractivity contribution in [3.05, 3.63) is 58.5 Å². The SMILES string of the molecule is C=Cc1c(Oc2ccc([N+](=O)[O-])cc2F)ccnc1NC(=O)O. The Morgan fingerprint density at radius 2 is 2.17 bits per heavy atom. The molecule has 2 aromatic rings. The number of carbonyl (C=O) groups is 1. The van der Waals surface area contributed by atoms with Crippen LogP contribution in [0.3, 0.4) is 0 Å². The summed E-state index contributed by atoms with van der Waals surface area (Å²) in [5, 5.41) is 21.4. The van der Waals surface area contributed by atoms with Crippen molar-refractivity contribution in [2.75, 3.05) is 5.32 Å². The van der Waals surface area contributed by atoms with Crippen LogP contribution in [-0.2, 0) is 0 Å². The predicted molar refractivity (Wildman–Crippen MR) is 79.1 cm³/mol. The predicted octanol–water partition coefficient (Wildman–Crippen LogP) is 3.65. The van der Waals surface area contributed by atoms with Gasteiger partial charge in [0.15, 0.2) is 11.6 Å². The molecule has 0 atom stereocenters. The van der Waals surface area contributed by atoms with Crippen molar-refractivity contribution in [2.24, 2.45) is 0 Å². The van der Waals surface area contributed by atoms with Gasteiger partial charge in [0.05, 0.1) is 16.6 Å². The van der Waals surface area contributed by atoms with Gasteiger partial charge in [0.1, 0.15) is 11.6 Å². The van der Waals surface area contributed by atoms with Crippen molar-refractivity contribution in [1.29, 1.82) is 0 Å². The molecule has 0 fully saturated rings. The van der Waals surface area contributed by atoms with Gasteiger partial charge >= 0.3 is 6.09 Å². The molecule has 1 aromatic carbocycles. The molecule has 0 radical (unpaired) electrons. The number of anilines is 1. The Labute approximate surface area is 129 Å². The molecule has 0 aliphatic carbocycles. The Morgan fingerprint density at radius 3 is 2.74 bits per heavy atom. The lowest BCUT2D eigenvalue weighted by Crippen LogP contribution is -2.10. The summed E-state index contributed by atoms with van der Waals surface area (Å²) >= 11 is 0. The molecule has 0 bridgehead atoms. The highest BCUT2D eigenvalue weighted by Crippen LogP contribution is 2.32. The zero-order valence-electron chi connectivity index (χ0n) is 11.5. The number of nitro groups is 1. The topological polar surface area (TPSA) is 115 Å². The van der Waals surface area contributed by atoms with Gasteiger partial charge < -0.3 is 9.84 Å². The normalized spacial score (nSPS) is 9.96. The molecule has 8 nitrogen and oxygen atoms in total. The summed E-state index contributed by atoms with van der Waals surface area (Å²) in [5.74, 6) is -1.14. The number of hydrogen-bond acceptors (Lipinski definition) is 5. The number of amides is 1. The van der Waals surface area contributed by atoms with Gasteiger partial charge in [-0.1, -0.05) is 12.7 Å². The van der Waals surface area contributed by atoms with E-state index < -0.39 is 22.5 Å². The highest BCUT2D eigenvalue weighted by Gasteiger charge is 2.15. The van der Waals surface area contributed by atoms with Gasteiger partial charge in [-0.2, -0.15) is 0 Å². The fraction of sp³-hybridized carbons (Fsp3) is 0. The fourth-order valence-corrected chi connectivity index (χ4v) is 1.75. The lowest BCUT2D eigenvalue weighted by Gasteiger charge is -2.12. The number of halogens is 1. The molecule has 23 heavy (non-hydrogen) atoms. The average molecular weight is 319 g/mol. The van der Waals surface area contributed by atoms with Crippen LogP contribution in [-0.4, -0.2) is 21.1 Å². The number of carboxylic acid groups (broad SMARTS) is 1. The zero-order valence-corrected chi connectivity index (χ0v) is 11.5. The van der Waals surface area contributed by atoms with Crippen LogP contribution in [0.1, 0.15) is 5.56 Å². The molecular formula is C14H10FN3O5. The van der Waals surface area contributed by atoms with Crippen LogP contribution in [0.4, 0.5) is 20.7 Å². The second-order valence-corrected chi connectivity index (χ2v) is 4.18. The van der Waals surface area contributed by atoms with E-state index in [-0.39, 0.29) is 22.9 Å². The Bertz CT molecular complexity index is 794. The number of non-ortho nitro benzene ring substituents is 1. The minimum Gasteiger partial charge on any atom is -0.465 e. The smallest absolute Gasteiger partial charge is 0.410 e. The van der Waals surface area contributed by atoms with Crippen LogP contribution >= 0.6 is 0 Å². The first-order chi connectivity index (χ1) is 10.9. The third-order valence-electron chi connectivity index (χ3n) is 2.73. The maximum Gasteiger partial charge on any atom is 0.410 e. The van der Waals surface area contributed by atoms with Crippen LogP contribution < -0.4 is 10.1 Å². The highest BCUT2D eigenvalue weighted by molar-refractivity contribution is 5.85. The molecule has 0 saturated heterocycles. The van der Waals surface area contributed by atoms with E-state index in [4.69, 9.17) is 9.84 Å². The molecule has 0 aliphatic heterocycles. The average Bonchev–Trinajstić information content (AvgIpc) is 2.48. The molecule has 0 saturated carbocycles. The van der Waals surface area contributed by atoms with Gasteiger partial charge in [-0.05, 0) is 12.1 Å². The van der Waals surface area contributed by atoms with Gasteiger partial charge in [-0.25, -0.2) is 14.2 Å². The second kappa shape index (κ2) is 6.52. The van der Waals surface area contributed by atoms with E-state index in [9.17, 15) is 19.3 Å². The maximum absolute atomic E-state index is 13.9.